The average molecular weight is 605 g/mol. The zero-order chi connectivity index (χ0) is 30.1. The molecule has 0 bridgehead atoms. The number of amides is 1. The zero-order valence-corrected chi connectivity index (χ0v) is 23.8. The molecule has 2 aliphatic heterocycles. The molecule has 3 aromatic rings. The molecule has 9 nitrogen and oxygen atoms in total. The number of hydrogen-bond acceptors (Lipinski definition) is 7. The number of halogens is 3. The van der Waals surface area contributed by atoms with Crippen molar-refractivity contribution >= 4 is 27.4 Å². The average Bonchev–Trinajstić information content (AvgIpc) is 3.14. The van der Waals surface area contributed by atoms with Crippen molar-refractivity contribution in [1.29, 1.82) is 0 Å². The topological polar surface area (TPSA) is 104 Å². The van der Waals surface area contributed by atoms with E-state index in [1.165, 1.54) is 31.2 Å². The van der Waals surface area contributed by atoms with Crippen LogP contribution < -0.4 is 14.4 Å². The van der Waals surface area contributed by atoms with Gasteiger partial charge < -0.3 is 24.4 Å². The lowest BCUT2D eigenvalue weighted by atomic mass is 9.94. The highest BCUT2D eigenvalue weighted by molar-refractivity contribution is 7.91. The summed E-state index contributed by atoms with van der Waals surface area (Å²) < 4.78 is 67.9. The Morgan fingerprint density at radius 2 is 1.55 bits per heavy atom. The van der Waals surface area contributed by atoms with Crippen LogP contribution in [0.4, 0.5) is 29.3 Å². The fraction of sp³-hybridized carbons (Fsp3) is 0.345. The molecule has 1 saturated heterocycles. The van der Waals surface area contributed by atoms with Crippen LogP contribution in [-0.2, 0) is 27.5 Å². The Morgan fingerprint density at radius 3 is 2.07 bits per heavy atom. The van der Waals surface area contributed by atoms with Crippen molar-refractivity contribution in [2.24, 2.45) is 4.36 Å². The molecule has 2 aliphatic rings. The molecule has 4 unspecified atom stereocenters. The third kappa shape index (κ3) is 6.03. The largest absolute Gasteiger partial charge is 0.573 e. The van der Waals surface area contributed by atoms with Gasteiger partial charge >= 0.3 is 12.5 Å². The third-order valence-electron chi connectivity index (χ3n) is 7.51. The van der Waals surface area contributed by atoms with Crippen molar-refractivity contribution < 1.29 is 36.8 Å². The number of ether oxygens (including phenoxy) is 2. The predicted octanol–water partition coefficient (Wildman–Crippen LogP) is 4.66. The van der Waals surface area contributed by atoms with Gasteiger partial charge in [-0.2, -0.15) is 0 Å². The number of nitrogens with one attached hydrogen (secondary N) is 1. The summed E-state index contributed by atoms with van der Waals surface area (Å²) in [6, 6.07) is 18.6. The Labute approximate surface area is 242 Å². The molecule has 3 aromatic carbocycles. The number of carbonyl (C=O) groups is 1. The van der Waals surface area contributed by atoms with Gasteiger partial charge in [0.25, 0.3) is 0 Å². The first kappa shape index (κ1) is 29.7. The maximum absolute atomic E-state index is 14.0. The van der Waals surface area contributed by atoms with E-state index >= 15 is 0 Å². The molecule has 13 heteroatoms. The minimum Gasteiger partial charge on any atom is -0.453 e. The second kappa shape index (κ2) is 11.8. The van der Waals surface area contributed by atoms with Crippen LogP contribution >= 0.6 is 0 Å². The summed E-state index contributed by atoms with van der Waals surface area (Å²) in [4.78, 5) is 16.4. The van der Waals surface area contributed by atoms with Crippen LogP contribution in [0.25, 0.3) is 0 Å². The van der Waals surface area contributed by atoms with Crippen LogP contribution in [0.3, 0.4) is 0 Å². The SMILES string of the molecule is CN=S(=O)(NC1CN(C(=O)OC)CC(N2c3ccccc3CCc3ccccc32)C1O)c1ccc(OC(F)(F)F)cc1. The summed E-state index contributed by atoms with van der Waals surface area (Å²) in [7, 11) is -0.889. The molecule has 0 saturated carbocycles. The fourth-order valence-electron chi connectivity index (χ4n) is 5.57. The minimum atomic E-state index is -4.88. The number of aliphatic hydroxyl groups is 1. The van der Waals surface area contributed by atoms with Crippen molar-refractivity contribution in [3.05, 3.63) is 83.9 Å². The summed E-state index contributed by atoms with van der Waals surface area (Å²) >= 11 is 0. The molecule has 0 aliphatic carbocycles. The number of carbonyl (C=O) groups excluding carboxylic acids is 1. The first-order chi connectivity index (χ1) is 20.0. The van der Waals surface area contributed by atoms with E-state index in [1.807, 2.05) is 53.4 Å². The number of fused-ring (bicyclic) bond motifs is 2. The van der Waals surface area contributed by atoms with Gasteiger partial charge in [-0.1, -0.05) is 36.4 Å². The predicted molar refractivity (Wildman–Crippen MR) is 151 cm³/mol. The highest BCUT2D eigenvalue weighted by Gasteiger charge is 2.44. The highest BCUT2D eigenvalue weighted by Crippen LogP contribution is 2.39. The van der Waals surface area contributed by atoms with Crippen molar-refractivity contribution in [3.63, 3.8) is 0 Å². The number of methoxy groups -OCH3 is 1. The van der Waals surface area contributed by atoms with Gasteiger partial charge in [-0.3, -0.25) is 0 Å². The molecule has 1 fully saturated rings. The van der Waals surface area contributed by atoms with Crippen molar-refractivity contribution in [1.82, 2.24) is 9.62 Å². The summed E-state index contributed by atoms with van der Waals surface area (Å²) in [6.45, 7) is 0.0614. The molecule has 5 rings (SSSR count). The quantitative estimate of drug-likeness (QED) is 0.439. The summed E-state index contributed by atoms with van der Waals surface area (Å²) in [5, 5.41) is 11.9. The maximum atomic E-state index is 14.0. The normalized spacial score (nSPS) is 21.8. The van der Waals surface area contributed by atoms with E-state index in [0.29, 0.717) is 0 Å². The summed E-state index contributed by atoms with van der Waals surface area (Å²) in [6.07, 6.45) is -5.08. The van der Waals surface area contributed by atoms with Gasteiger partial charge in [0.05, 0.1) is 30.2 Å². The third-order valence-corrected chi connectivity index (χ3v) is 9.55. The van der Waals surface area contributed by atoms with E-state index in [9.17, 15) is 27.3 Å². The zero-order valence-electron chi connectivity index (χ0n) is 23.0. The molecule has 1 amide bonds. The maximum Gasteiger partial charge on any atom is 0.573 e. The van der Waals surface area contributed by atoms with Crippen LogP contribution in [0.5, 0.6) is 5.75 Å². The van der Waals surface area contributed by atoms with Gasteiger partial charge in [-0.15, -0.1) is 13.2 Å². The number of likely N-dealkylation sites (tertiary alicyclic amines) is 1. The lowest BCUT2D eigenvalue weighted by molar-refractivity contribution is -0.274. The number of para-hydroxylation sites is 2. The number of rotatable bonds is 5. The number of anilines is 2. The number of aliphatic hydroxyl groups excluding tert-OH is 1. The van der Waals surface area contributed by atoms with Crippen molar-refractivity contribution in [3.8, 4) is 5.75 Å². The van der Waals surface area contributed by atoms with E-state index in [2.05, 4.69) is 13.8 Å². The Kier molecular flexibility index (Phi) is 8.35. The molecule has 2 N–H and O–H groups in total. The first-order valence-corrected chi connectivity index (χ1v) is 14.8. The second-order valence-electron chi connectivity index (χ2n) is 10.0. The van der Waals surface area contributed by atoms with E-state index in [1.54, 1.807) is 0 Å². The van der Waals surface area contributed by atoms with Gasteiger partial charge in [0.15, 0.2) is 0 Å². The van der Waals surface area contributed by atoms with Crippen LogP contribution in [0.1, 0.15) is 11.1 Å². The Balaban J connectivity index is 1.53. The molecular weight excluding hydrogens is 573 g/mol. The fourth-order valence-corrected chi connectivity index (χ4v) is 7.15. The molecule has 0 aromatic heterocycles. The number of alkyl halides is 3. The van der Waals surface area contributed by atoms with Gasteiger partial charge in [0.2, 0.25) is 0 Å². The molecule has 4 atom stereocenters. The number of aryl methyl sites for hydroxylation is 2. The molecule has 42 heavy (non-hydrogen) atoms. The Morgan fingerprint density at radius 1 is 0.976 bits per heavy atom. The van der Waals surface area contributed by atoms with Gasteiger partial charge in [-0.25, -0.2) is 18.1 Å². The van der Waals surface area contributed by atoms with Gasteiger partial charge in [-0.05, 0) is 60.4 Å². The van der Waals surface area contributed by atoms with E-state index in [4.69, 9.17) is 4.74 Å². The van der Waals surface area contributed by atoms with Gasteiger partial charge in [0, 0.05) is 31.5 Å². The number of hydrogen-bond donors (Lipinski definition) is 2. The summed E-state index contributed by atoms with van der Waals surface area (Å²) in [5.74, 6) is -0.475. The first-order valence-electron chi connectivity index (χ1n) is 13.3. The van der Waals surface area contributed by atoms with Crippen molar-refractivity contribution in [2.75, 3.05) is 32.1 Å². The Hall–Kier alpha value is -3.81. The van der Waals surface area contributed by atoms with Crippen molar-refractivity contribution in [2.45, 2.75) is 42.3 Å². The minimum absolute atomic E-state index is 0.0523. The molecule has 224 valence electrons. The number of piperidine rings is 1. The molecule has 0 radical (unpaired) electrons. The number of benzene rings is 3. The number of nitrogens with zero attached hydrogens (tertiary/aromatic N) is 3. The van der Waals surface area contributed by atoms with Crippen LogP contribution in [-0.4, -0.2) is 72.1 Å². The van der Waals surface area contributed by atoms with Crippen LogP contribution in [0.2, 0.25) is 0 Å². The van der Waals surface area contributed by atoms with E-state index in [-0.39, 0.29) is 18.0 Å². The van der Waals surface area contributed by atoms with Crippen LogP contribution in [0.15, 0.2) is 82.1 Å². The standard InChI is InChI=1S/C29H31F3N4O5S/c1-33-42(39,22-15-13-21(14-16-22)41-29(30,31)32)34-23-17-35(28(38)40-2)18-26(27(23)37)36-24-9-5-3-7-19(24)11-12-20-8-4-6-10-25(20)36/h3-10,13-16,23,26-27,37H,11-12,17-18H2,1-2H3,(H,33,34,39). The Bertz CT molecular complexity index is 1510. The lowest BCUT2D eigenvalue weighted by Gasteiger charge is -2.46. The highest BCUT2D eigenvalue weighted by atomic mass is 32.2. The molecule has 0 spiro atoms. The van der Waals surface area contributed by atoms with Crippen LogP contribution in [0, 0.1) is 0 Å². The van der Waals surface area contributed by atoms with E-state index in [0.717, 1.165) is 47.5 Å². The monoisotopic (exact) mass is 604 g/mol. The smallest absolute Gasteiger partial charge is 0.453 e. The van der Waals surface area contributed by atoms with Gasteiger partial charge in [0.1, 0.15) is 15.7 Å². The second-order valence-corrected chi connectivity index (χ2v) is 12.1. The molecule has 2 heterocycles. The van der Waals surface area contributed by atoms with E-state index < -0.39 is 46.3 Å². The lowest BCUT2D eigenvalue weighted by Crippen LogP contribution is -2.65. The molecular formula is C29H31F3N4O5S. The summed E-state index contributed by atoms with van der Waals surface area (Å²) in [5.41, 5.74) is 3.93.